The van der Waals surface area contributed by atoms with Gasteiger partial charge in [-0.05, 0) is 6.42 Å². The molecule has 1 aromatic heterocycles. The second-order valence-electron chi connectivity index (χ2n) is 2.37. The monoisotopic (exact) mass is 172 g/mol. The minimum absolute atomic E-state index is 0.399. The summed E-state index contributed by atoms with van der Waals surface area (Å²) in [6.07, 6.45) is 1.53. The average Bonchev–Trinajstić information content (AvgIpc) is 2.45. The molecular formula is C7H12N2O3. The van der Waals surface area contributed by atoms with Crippen LogP contribution in [0.3, 0.4) is 0 Å². The van der Waals surface area contributed by atoms with Crippen LogP contribution in [0.15, 0.2) is 9.21 Å². The van der Waals surface area contributed by atoms with E-state index in [9.17, 15) is 4.79 Å². The van der Waals surface area contributed by atoms with Gasteiger partial charge in [0.25, 0.3) is 0 Å². The van der Waals surface area contributed by atoms with Gasteiger partial charge in [-0.3, -0.25) is 0 Å². The Kier molecular flexibility index (Phi) is 3.53. The summed E-state index contributed by atoms with van der Waals surface area (Å²) in [4.78, 5) is 10.5. The molecule has 0 saturated heterocycles. The first-order valence-corrected chi connectivity index (χ1v) is 3.95. The lowest BCUT2D eigenvalue weighted by Crippen LogP contribution is -1.99. The largest absolute Gasteiger partial charge is 0.434 e. The number of hydrogen-bond donors (Lipinski definition) is 1. The summed E-state index contributed by atoms with van der Waals surface area (Å²) in [5.74, 6) is -0.114. The molecule has 0 spiro atoms. The molecule has 0 atom stereocenters. The van der Waals surface area contributed by atoms with Crippen LogP contribution in [0.2, 0.25) is 0 Å². The highest BCUT2D eigenvalue weighted by Gasteiger charge is 1.99. The first-order chi connectivity index (χ1) is 5.83. The van der Waals surface area contributed by atoms with Crippen LogP contribution in [0.4, 0.5) is 0 Å². The van der Waals surface area contributed by atoms with Crippen LogP contribution in [0.1, 0.15) is 19.2 Å². The maximum absolute atomic E-state index is 10.5. The van der Waals surface area contributed by atoms with Gasteiger partial charge < -0.3 is 9.15 Å². The zero-order chi connectivity index (χ0) is 8.81. The third kappa shape index (κ3) is 2.87. The molecule has 0 aliphatic heterocycles. The molecule has 0 amide bonds. The molecule has 1 heterocycles. The van der Waals surface area contributed by atoms with Gasteiger partial charge in [-0.15, -0.1) is 5.10 Å². The van der Waals surface area contributed by atoms with Gasteiger partial charge in [0.05, 0.1) is 6.61 Å². The predicted molar refractivity (Wildman–Crippen MR) is 41.9 cm³/mol. The van der Waals surface area contributed by atoms with Gasteiger partial charge in [0.2, 0.25) is 5.89 Å². The number of H-pyrrole nitrogens is 1. The van der Waals surface area contributed by atoms with E-state index in [1.807, 2.05) is 6.92 Å². The summed E-state index contributed by atoms with van der Waals surface area (Å²) in [5.41, 5.74) is 0. The van der Waals surface area contributed by atoms with Gasteiger partial charge in [-0.25, -0.2) is 9.89 Å². The molecule has 0 aliphatic rings. The quantitative estimate of drug-likeness (QED) is 0.650. The van der Waals surface area contributed by atoms with Crippen molar-refractivity contribution in [1.29, 1.82) is 0 Å². The Bertz CT molecular complexity index is 266. The topological polar surface area (TPSA) is 68.1 Å². The van der Waals surface area contributed by atoms with Gasteiger partial charge in [-0.1, -0.05) is 6.92 Å². The van der Waals surface area contributed by atoms with E-state index in [-0.39, 0.29) is 0 Å². The zero-order valence-corrected chi connectivity index (χ0v) is 7.00. The van der Waals surface area contributed by atoms with Gasteiger partial charge in [-0.2, -0.15) is 0 Å². The van der Waals surface area contributed by atoms with Gasteiger partial charge in [0.1, 0.15) is 0 Å². The molecule has 0 fully saturated rings. The molecule has 0 aliphatic carbocycles. The fraction of sp³-hybridized carbons (Fsp3) is 0.714. The van der Waals surface area contributed by atoms with Crippen LogP contribution >= 0.6 is 0 Å². The van der Waals surface area contributed by atoms with Crippen molar-refractivity contribution in [2.24, 2.45) is 0 Å². The van der Waals surface area contributed by atoms with Crippen LogP contribution < -0.4 is 5.76 Å². The maximum Gasteiger partial charge on any atom is 0.434 e. The summed E-state index contributed by atoms with van der Waals surface area (Å²) < 4.78 is 9.84. The molecule has 1 aromatic rings. The van der Waals surface area contributed by atoms with Crippen LogP contribution in [0.5, 0.6) is 0 Å². The van der Waals surface area contributed by atoms with E-state index in [1.165, 1.54) is 0 Å². The minimum Gasteiger partial charge on any atom is -0.392 e. The zero-order valence-electron chi connectivity index (χ0n) is 7.00. The molecule has 12 heavy (non-hydrogen) atoms. The fourth-order valence-electron chi connectivity index (χ4n) is 0.773. The molecule has 0 radical (unpaired) electrons. The number of hydrogen-bond acceptors (Lipinski definition) is 4. The van der Waals surface area contributed by atoms with Gasteiger partial charge in [0.15, 0.2) is 0 Å². The standard InChI is InChI=1S/C7H12N2O3/c1-2-4-11-5-3-6-8-9-7(10)12-6/h2-5H2,1H3,(H,9,10). The normalized spacial score (nSPS) is 10.4. The van der Waals surface area contributed by atoms with Crippen LogP contribution in [0.25, 0.3) is 0 Å². The number of nitrogens with one attached hydrogen (secondary N) is 1. The Morgan fingerprint density at radius 2 is 2.42 bits per heavy atom. The molecule has 0 aromatic carbocycles. The van der Waals surface area contributed by atoms with Crippen molar-refractivity contribution >= 4 is 0 Å². The average molecular weight is 172 g/mol. The van der Waals surface area contributed by atoms with Crippen molar-refractivity contribution in [2.45, 2.75) is 19.8 Å². The highest BCUT2D eigenvalue weighted by Crippen LogP contribution is 1.90. The van der Waals surface area contributed by atoms with E-state index in [1.54, 1.807) is 0 Å². The Labute approximate surface area is 69.7 Å². The van der Waals surface area contributed by atoms with Crippen molar-refractivity contribution in [3.8, 4) is 0 Å². The molecule has 5 nitrogen and oxygen atoms in total. The number of rotatable bonds is 5. The molecule has 1 rings (SSSR count). The Morgan fingerprint density at radius 3 is 3.00 bits per heavy atom. The van der Waals surface area contributed by atoms with Crippen molar-refractivity contribution in [3.05, 3.63) is 16.4 Å². The van der Waals surface area contributed by atoms with E-state index in [2.05, 4.69) is 14.6 Å². The SMILES string of the molecule is CCCOCCc1n[nH]c(=O)o1. The Balaban J connectivity index is 2.20. The van der Waals surface area contributed by atoms with E-state index >= 15 is 0 Å². The Morgan fingerprint density at radius 1 is 1.58 bits per heavy atom. The lowest BCUT2D eigenvalue weighted by molar-refractivity contribution is 0.133. The molecule has 68 valence electrons. The first kappa shape index (κ1) is 8.99. The van der Waals surface area contributed by atoms with E-state index in [4.69, 9.17) is 4.74 Å². The van der Waals surface area contributed by atoms with E-state index < -0.39 is 5.76 Å². The molecular weight excluding hydrogens is 160 g/mol. The first-order valence-electron chi connectivity index (χ1n) is 3.95. The smallest absolute Gasteiger partial charge is 0.392 e. The number of ether oxygens (including phenoxy) is 1. The second kappa shape index (κ2) is 4.71. The maximum atomic E-state index is 10.5. The van der Waals surface area contributed by atoms with E-state index in [0.717, 1.165) is 13.0 Å². The van der Waals surface area contributed by atoms with Crippen LogP contribution in [-0.2, 0) is 11.2 Å². The molecule has 0 bridgehead atoms. The summed E-state index contributed by atoms with van der Waals surface area (Å²) >= 11 is 0. The minimum atomic E-state index is -0.513. The number of aromatic nitrogens is 2. The molecule has 0 unspecified atom stereocenters. The van der Waals surface area contributed by atoms with Crippen molar-refractivity contribution in [2.75, 3.05) is 13.2 Å². The summed E-state index contributed by atoms with van der Waals surface area (Å²) in [6, 6.07) is 0. The van der Waals surface area contributed by atoms with E-state index in [0.29, 0.717) is 18.9 Å². The van der Waals surface area contributed by atoms with Crippen molar-refractivity contribution in [3.63, 3.8) is 0 Å². The van der Waals surface area contributed by atoms with Crippen molar-refractivity contribution in [1.82, 2.24) is 10.2 Å². The second-order valence-corrected chi connectivity index (χ2v) is 2.37. The van der Waals surface area contributed by atoms with Crippen LogP contribution in [0, 0.1) is 0 Å². The van der Waals surface area contributed by atoms with Gasteiger partial charge >= 0.3 is 5.76 Å². The number of aromatic amines is 1. The third-order valence-corrected chi connectivity index (χ3v) is 1.29. The lowest BCUT2D eigenvalue weighted by atomic mass is 10.4. The number of nitrogens with zero attached hydrogens (tertiary/aromatic N) is 1. The fourth-order valence-corrected chi connectivity index (χ4v) is 0.773. The third-order valence-electron chi connectivity index (χ3n) is 1.29. The predicted octanol–water partition coefficient (Wildman–Crippen LogP) is 0.332. The molecule has 1 N–H and O–H groups in total. The van der Waals surface area contributed by atoms with Crippen molar-refractivity contribution < 1.29 is 9.15 Å². The molecule has 5 heteroatoms. The Hall–Kier alpha value is -1.10. The summed E-state index contributed by atoms with van der Waals surface area (Å²) in [5, 5.41) is 5.81. The summed E-state index contributed by atoms with van der Waals surface area (Å²) in [6.45, 7) is 3.31. The van der Waals surface area contributed by atoms with Crippen LogP contribution in [-0.4, -0.2) is 23.4 Å². The summed E-state index contributed by atoms with van der Waals surface area (Å²) in [7, 11) is 0. The molecule has 0 saturated carbocycles. The lowest BCUT2D eigenvalue weighted by Gasteiger charge is -1.97. The highest BCUT2D eigenvalue weighted by atomic mass is 16.5. The van der Waals surface area contributed by atoms with Gasteiger partial charge in [0, 0.05) is 13.0 Å². The highest BCUT2D eigenvalue weighted by molar-refractivity contribution is 4.72.